The third-order valence-corrected chi connectivity index (χ3v) is 6.13. The van der Waals surface area contributed by atoms with Gasteiger partial charge in [0.15, 0.2) is 11.5 Å². The Morgan fingerprint density at radius 1 is 1.03 bits per heavy atom. The van der Waals surface area contributed by atoms with E-state index in [0.717, 1.165) is 48.3 Å². The summed E-state index contributed by atoms with van der Waals surface area (Å²) in [4.78, 5) is 27.8. The van der Waals surface area contributed by atoms with Crippen molar-refractivity contribution >= 4 is 11.8 Å². The van der Waals surface area contributed by atoms with Gasteiger partial charge in [0.2, 0.25) is 18.6 Å². The molecule has 2 aromatic rings. The molecule has 0 aromatic heterocycles. The smallest absolute Gasteiger partial charge is 0.242 e. The van der Waals surface area contributed by atoms with E-state index in [2.05, 4.69) is 5.32 Å². The molecule has 2 aliphatic rings. The minimum atomic E-state index is -0.523. The average molecular weight is 423 g/mol. The first-order valence-electron chi connectivity index (χ1n) is 11.1. The molecule has 1 saturated carbocycles. The van der Waals surface area contributed by atoms with Gasteiger partial charge in [-0.15, -0.1) is 0 Å². The monoisotopic (exact) mass is 422 g/mol. The first kappa shape index (κ1) is 21.2. The SMILES string of the molecule is C[C@@H](C(=O)NC1CCCC1)N(Cc1ccccc1)C(=O)CCc1ccc2c(c1)OCO2. The summed E-state index contributed by atoms with van der Waals surface area (Å²) in [6, 6.07) is 15.3. The van der Waals surface area contributed by atoms with Gasteiger partial charge in [-0.05, 0) is 49.4 Å². The highest BCUT2D eigenvalue weighted by atomic mass is 16.7. The van der Waals surface area contributed by atoms with Gasteiger partial charge < -0.3 is 19.7 Å². The van der Waals surface area contributed by atoms with Gasteiger partial charge in [0.25, 0.3) is 0 Å². The predicted molar refractivity (Wildman–Crippen MR) is 118 cm³/mol. The molecule has 1 aliphatic heterocycles. The van der Waals surface area contributed by atoms with Crippen LogP contribution in [0, 0.1) is 0 Å². The Bertz CT molecular complexity index is 909. The van der Waals surface area contributed by atoms with Crippen LogP contribution in [0.4, 0.5) is 0 Å². The van der Waals surface area contributed by atoms with Crippen molar-refractivity contribution in [2.45, 2.75) is 64.1 Å². The molecule has 6 nitrogen and oxygen atoms in total. The maximum absolute atomic E-state index is 13.2. The summed E-state index contributed by atoms with van der Waals surface area (Å²) in [6.07, 6.45) is 5.26. The summed E-state index contributed by atoms with van der Waals surface area (Å²) >= 11 is 0. The number of hydrogen-bond donors (Lipinski definition) is 1. The van der Waals surface area contributed by atoms with Crippen LogP contribution >= 0.6 is 0 Å². The summed E-state index contributed by atoms with van der Waals surface area (Å²) in [5.74, 6) is 1.35. The van der Waals surface area contributed by atoms with Gasteiger partial charge >= 0.3 is 0 Å². The predicted octanol–water partition coefficient (Wildman–Crippen LogP) is 3.82. The highest BCUT2D eigenvalue weighted by Gasteiger charge is 2.28. The van der Waals surface area contributed by atoms with Crippen LogP contribution in [0.25, 0.3) is 0 Å². The number of carbonyl (C=O) groups excluding carboxylic acids is 2. The Morgan fingerprint density at radius 3 is 2.55 bits per heavy atom. The van der Waals surface area contributed by atoms with Crippen LogP contribution in [0.5, 0.6) is 11.5 Å². The number of aryl methyl sites for hydroxylation is 1. The van der Waals surface area contributed by atoms with Crippen molar-refractivity contribution in [2.75, 3.05) is 6.79 Å². The molecule has 31 heavy (non-hydrogen) atoms. The van der Waals surface area contributed by atoms with E-state index in [1.54, 1.807) is 4.90 Å². The van der Waals surface area contributed by atoms with E-state index in [-0.39, 0.29) is 24.6 Å². The summed E-state index contributed by atoms with van der Waals surface area (Å²) < 4.78 is 10.8. The number of hydrogen-bond acceptors (Lipinski definition) is 4. The summed E-state index contributed by atoms with van der Waals surface area (Å²) in [5, 5.41) is 3.14. The molecule has 164 valence electrons. The van der Waals surface area contributed by atoms with Crippen molar-refractivity contribution < 1.29 is 19.1 Å². The van der Waals surface area contributed by atoms with E-state index in [1.165, 1.54) is 0 Å². The van der Waals surface area contributed by atoms with Gasteiger partial charge in [0.1, 0.15) is 6.04 Å². The van der Waals surface area contributed by atoms with E-state index in [4.69, 9.17) is 9.47 Å². The quantitative estimate of drug-likeness (QED) is 0.702. The van der Waals surface area contributed by atoms with Gasteiger partial charge in [-0.3, -0.25) is 9.59 Å². The highest BCUT2D eigenvalue weighted by Crippen LogP contribution is 2.32. The molecule has 2 aromatic carbocycles. The van der Waals surface area contributed by atoms with E-state index in [1.807, 2.05) is 55.5 Å². The van der Waals surface area contributed by atoms with Crippen LogP contribution in [-0.4, -0.2) is 35.6 Å². The molecule has 1 aliphatic carbocycles. The Morgan fingerprint density at radius 2 is 1.77 bits per heavy atom. The number of rotatable bonds is 8. The van der Waals surface area contributed by atoms with Crippen LogP contribution in [0.15, 0.2) is 48.5 Å². The second-order valence-electron chi connectivity index (χ2n) is 8.36. The third kappa shape index (κ3) is 5.37. The lowest BCUT2D eigenvalue weighted by Gasteiger charge is -2.30. The lowest BCUT2D eigenvalue weighted by Crippen LogP contribution is -2.49. The topological polar surface area (TPSA) is 67.9 Å². The number of ether oxygens (including phenoxy) is 2. The van der Waals surface area contributed by atoms with E-state index in [9.17, 15) is 9.59 Å². The van der Waals surface area contributed by atoms with Crippen molar-refractivity contribution in [3.05, 3.63) is 59.7 Å². The largest absolute Gasteiger partial charge is 0.454 e. The molecular formula is C25H30N2O4. The third-order valence-electron chi connectivity index (χ3n) is 6.13. The van der Waals surface area contributed by atoms with Crippen molar-refractivity contribution in [3.8, 4) is 11.5 Å². The molecule has 1 fully saturated rings. The average Bonchev–Trinajstić information content (AvgIpc) is 3.47. The standard InChI is InChI=1S/C25H30N2O4/c1-18(25(29)26-21-9-5-6-10-21)27(16-20-7-3-2-4-8-20)24(28)14-12-19-11-13-22-23(15-19)31-17-30-22/h2-4,7-8,11,13,15,18,21H,5-6,9-10,12,14,16-17H2,1H3,(H,26,29)/t18-/m0/s1. The Hall–Kier alpha value is -3.02. The molecule has 0 spiro atoms. The fourth-order valence-electron chi connectivity index (χ4n) is 4.25. The second-order valence-corrected chi connectivity index (χ2v) is 8.36. The lowest BCUT2D eigenvalue weighted by molar-refractivity contribution is -0.140. The van der Waals surface area contributed by atoms with Gasteiger partial charge in [-0.2, -0.15) is 0 Å². The number of benzene rings is 2. The summed E-state index contributed by atoms with van der Waals surface area (Å²) in [7, 11) is 0. The molecule has 1 heterocycles. The molecule has 0 bridgehead atoms. The van der Waals surface area contributed by atoms with E-state index in [0.29, 0.717) is 19.4 Å². The summed E-state index contributed by atoms with van der Waals surface area (Å²) in [5.41, 5.74) is 2.03. The van der Waals surface area contributed by atoms with Crippen LogP contribution in [0.1, 0.15) is 50.2 Å². The molecule has 0 unspecified atom stereocenters. The van der Waals surface area contributed by atoms with Gasteiger partial charge in [0.05, 0.1) is 0 Å². The van der Waals surface area contributed by atoms with Crippen molar-refractivity contribution in [1.82, 2.24) is 10.2 Å². The number of fused-ring (bicyclic) bond motifs is 1. The van der Waals surface area contributed by atoms with Crippen LogP contribution in [0.2, 0.25) is 0 Å². The van der Waals surface area contributed by atoms with E-state index >= 15 is 0 Å². The molecule has 1 atom stereocenters. The molecule has 1 N–H and O–H groups in total. The zero-order chi connectivity index (χ0) is 21.6. The van der Waals surface area contributed by atoms with Crippen molar-refractivity contribution in [1.29, 1.82) is 0 Å². The zero-order valence-corrected chi connectivity index (χ0v) is 18.0. The summed E-state index contributed by atoms with van der Waals surface area (Å²) in [6.45, 7) is 2.47. The van der Waals surface area contributed by atoms with Gasteiger partial charge in [0, 0.05) is 19.0 Å². The first-order chi connectivity index (χ1) is 15.1. The fourth-order valence-corrected chi connectivity index (χ4v) is 4.25. The molecule has 0 saturated heterocycles. The molecule has 4 rings (SSSR count). The van der Waals surface area contributed by atoms with Crippen LogP contribution < -0.4 is 14.8 Å². The first-order valence-corrected chi connectivity index (χ1v) is 11.1. The molecular weight excluding hydrogens is 392 g/mol. The fraction of sp³-hybridized carbons (Fsp3) is 0.440. The maximum atomic E-state index is 13.2. The maximum Gasteiger partial charge on any atom is 0.242 e. The molecule has 6 heteroatoms. The minimum Gasteiger partial charge on any atom is -0.454 e. The van der Waals surface area contributed by atoms with Gasteiger partial charge in [-0.25, -0.2) is 0 Å². The number of nitrogens with one attached hydrogen (secondary N) is 1. The Labute approximate surface area is 183 Å². The zero-order valence-electron chi connectivity index (χ0n) is 18.0. The molecule has 0 radical (unpaired) electrons. The van der Waals surface area contributed by atoms with Crippen molar-refractivity contribution in [2.24, 2.45) is 0 Å². The number of nitrogens with zero attached hydrogens (tertiary/aromatic N) is 1. The minimum absolute atomic E-state index is 0.0319. The second kappa shape index (κ2) is 9.86. The van der Waals surface area contributed by atoms with Crippen LogP contribution in [-0.2, 0) is 22.6 Å². The van der Waals surface area contributed by atoms with Crippen molar-refractivity contribution in [3.63, 3.8) is 0 Å². The Kier molecular flexibility index (Phi) is 6.75. The normalized spacial score (nSPS) is 16.2. The van der Waals surface area contributed by atoms with Gasteiger partial charge in [-0.1, -0.05) is 49.2 Å². The number of carbonyl (C=O) groups is 2. The number of amides is 2. The highest BCUT2D eigenvalue weighted by molar-refractivity contribution is 5.87. The lowest BCUT2D eigenvalue weighted by atomic mass is 10.1. The molecule has 2 amide bonds. The Balaban J connectivity index is 1.43. The van der Waals surface area contributed by atoms with E-state index < -0.39 is 6.04 Å². The van der Waals surface area contributed by atoms with Crippen LogP contribution in [0.3, 0.4) is 0 Å².